The molecule has 1 aromatic carbocycles. The summed E-state index contributed by atoms with van der Waals surface area (Å²) in [5, 5.41) is 0. The number of rotatable bonds is 5. The zero-order valence-corrected chi connectivity index (χ0v) is 10.3. The Morgan fingerprint density at radius 2 is 1.89 bits per heavy atom. The van der Waals surface area contributed by atoms with E-state index in [-0.39, 0.29) is 12.4 Å². The molecule has 0 unspecified atom stereocenters. The molecule has 2 rings (SSSR count). The van der Waals surface area contributed by atoms with Crippen LogP contribution in [0.5, 0.6) is 0 Å². The summed E-state index contributed by atoms with van der Waals surface area (Å²) in [5.74, 6) is 0.131. The zero-order chi connectivity index (χ0) is 12.8. The molecule has 1 aliphatic rings. The van der Waals surface area contributed by atoms with E-state index in [1.165, 1.54) is 18.8 Å². The Bertz CT molecular complexity index is 545. The third-order valence-electron chi connectivity index (χ3n) is 2.12. The molecule has 1 heterocycles. The third-order valence-corrected chi connectivity index (χ3v) is 3.28. The maximum Gasteiger partial charge on any atom is 0.271 e. The minimum atomic E-state index is -3.63. The van der Waals surface area contributed by atoms with Crippen LogP contribution >= 0.6 is 0 Å². The van der Waals surface area contributed by atoms with Crippen LogP contribution in [0.25, 0.3) is 0 Å². The number of hydrogen-bond acceptors (Lipinski definition) is 5. The summed E-state index contributed by atoms with van der Waals surface area (Å²) in [6, 6.07) is 8.82. The average molecular weight is 268 g/mol. The normalized spacial score (nSPS) is 14.6. The van der Waals surface area contributed by atoms with Crippen LogP contribution in [0.15, 0.2) is 54.9 Å². The highest BCUT2D eigenvalue weighted by atomic mass is 32.2. The highest BCUT2D eigenvalue weighted by Crippen LogP contribution is 2.11. The highest BCUT2D eigenvalue weighted by Gasteiger charge is 2.14. The van der Waals surface area contributed by atoms with Crippen LogP contribution in [-0.4, -0.2) is 15.0 Å². The van der Waals surface area contributed by atoms with Gasteiger partial charge in [-0.1, -0.05) is 30.3 Å². The second kappa shape index (κ2) is 5.70. The van der Waals surface area contributed by atoms with Gasteiger partial charge in [-0.05, 0) is 5.56 Å². The maximum atomic E-state index is 11.7. The third kappa shape index (κ3) is 3.90. The van der Waals surface area contributed by atoms with Gasteiger partial charge in [0.1, 0.15) is 31.1 Å². The maximum absolute atomic E-state index is 11.7. The zero-order valence-electron chi connectivity index (χ0n) is 9.48. The molecule has 0 aromatic heterocycles. The fraction of sp³-hybridized carbons (Fsp3) is 0.167. The van der Waals surface area contributed by atoms with Crippen molar-refractivity contribution >= 4 is 10.1 Å². The monoisotopic (exact) mass is 268 g/mol. The predicted octanol–water partition coefficient (Wildman–Crippen LogP) is 1.89. The lowest BCUT2D eigenvalue weighted by Gasteiger charge is -2.10. The Kier molecular flexibility index (Phi) is 4.01. The SMILES string of the molecule is O=S(=O)(Cc1ccccc1)OCC1=COC=CO1. The van der Waals surface area contributed by atoms with Gasteiger partial charge in [0, 0.05) is 0 Å². The molecule has 0 N–H and O–H groups in total. The van der Waals surface area contributed by atoms with Gasteiger partial charge in [0.05, 0.1) is 0 Å². The summed E-state index contributed by atoms with van der Waals surface area (Å²) in [6.07, 6.45) is 3.93. The molecule has 0 radical (unpaired) electrons. The van der Waals surface area contributed by atoms with Gasteiger partial charge in [0.2, 0.25) is 0 Å². The Hall–Kier alpha value is -1.79. The minimum absolute atomic E-state index is 0.169. The Labute approximate surface area is 105 Å². The van der Waals surface area contributed by atoms with Crippen molar-refractivity contribution in [2.45, 2.75) is 5.75 Å². The smallest absolute Gasteiger partial charge is 0.271 e. The second-order valence-electron chi connectivity index (χ2n) is 3.56. The molecule has 5 nitrogen and oxygen atoms in total. The van der Waals surface area contributed by atoms with Crippen LogP contribution < -0.4 is 0 Å². The van der Waals surface area contributed by atoms with Crippen molar-refractivity contribution in [1.82, 2.24) is 0 Å². The van der Waals surface area contributed by atoms with E-state index in [0.29, 0.717) is 11.3 Å². The largest absolute Gasteiger partial charge is 0.466 e. The van der Waals surface area contributed by atoms with Crippen LogP contribution in [0.4, 0.5) is 0 Å². The molecule has 0 bridgehead atoms. The van der Waals surface area contributed by atoms with Crippen molar-refractivity contribution in [3.05, 3.63) is 60.4 Å². The molecular formula is C12H12O5S. The molecule has 1 aliphatic heterocycles. The lowest BCUT2D eigenvalue weighted by atomic mass is 10.2. The van der Waals surface area contributed by atoms with Crippen LogP contribution in [0.2, 0.25) is 0 Å². The van der Waals surface area contributed by atoms with Gasteiger partial charge in [-0.2, -0.15) is 8.42 Å². The summed E-state index contributed by atoms with van der Waals surface area (Å²) in [6.45, 7) is -0.181. The van der Waals surface area contributed by atoms with Gasteiger partial charge in [0.15, 0.2) is 5.76 Å². The van der Waals surface area contributed by atoms with Crippen LogP contribution in [0.1, 0.15) is 5.56 Å². The molecule has 18 heavy (non-hydrogen) atoms. The summed E-state index contributed by atoms with van der Waals surface area (Å²) < 4.78 is 38.0. The van der Waals surface area contributed by atoms with E-state index in [9.17, 15) is 8.42 Å². The summed E-state index contributed by atoms with van der Waals surface area (Å²) in [5.41, 5.74) is 0.673. The van der Waals surface area contributed by atoms with Crippen LogP contribution in [0.3, 0.4) is 0 Å². The van der Waals surface area contributed by atoms with E-state index in [4.69, 9.17) is 13.7 Å². The van der Waals surface area contributed by atoms with Gasteiger partial charge >= 0.3 is 0 Å². The van der Waals surface area contributed by atoms with E-state index in [1.54, 1.807) is 24.3 Å². The van der Waals surface area contributed by atoms with Crippen molar-refractivity contribution in [2.24, 2.45) is 0 Å². The van der Waals surface area contributed by atoms with E-state index >= 15 is 0 Å². The molecule has 0 amide bonds. The van der Waals surface area contributed by atoms with E-state index in [2.05, 4.69) is 0 Å². The minimum Gasteiger partial charge on any atom is -0.466 e. The topological polar surface area (TPSA) is 61.8 Å². The first-order valence-electron chi connectivity index (χ1n) is 5.23. The average Bonchev–Trinajstić information content (AvgIpc) is 2.38. The van der Waals surface area contributed by atoms with E-state index in [0.717, 1.165) is 0 Å². The summed E-state index contributed by atoms with van der Waals surface area (Å²) >= 11 is 0. The van der Waals surface area contributed by atoms with Crippen molar-refractivity contribution in [3.8, 4) is 0 Å². The first kappa shape index (κ1) is 12.7. The van der Waals surface area contributed by atoms with Crippen molar-refractivity contribution in [1.29, 1.82) is 0 Å². The molecule has 6 heteroatoms. The van der Waals surface area contributed by atoms with Crippen LogP contribution in [-0.2, 0) is 29.5 Å². The molecular weight excluding hydrogens is 256 g/mol. The predicted molar refractivity (Wildman–Crippen MR) is 64.4 cm³/mol. The molecule has 0 fully saturated rings. The quantitative estimate of drug-likeness (QED) is 0.763. The first-order valence-corrected chi connectivity index (χ1v) is 6.81. The number of hydrogen-bond donors (Lipinski definition) is 0. The highest BCUT2D eigenvalue weighted by molar-refractivity contribution is 7.85. The second-order valence-corrected chi connectivity index (χ2v) is 5.20. The number of ether oxygens (including phenoxy) is 2. The molecule has 0 spiro atoms. The Morgan fingerprint density at radius 3 is 2.56 bits per heavy atom. The lowest BCUT2D eigenvalue weighted by Crippen LogP contribution is -2.12. The van der Waals surface area contributed by atoms with Gasteiger partial charge in [0.25, 0.3) is 10.1 Å². The van der Waals surface area contributed by atoms with Gasteiger partial charge < -0.3 is 9.47 Å². The molecule has 0 saturated carbocycles. The van der Waals surface area contributed by atoms with Gasteiger partial charge in [-0.15, -0.1) is 0 Å². The molecule has 0 saturated heterocycles. The Morgan fingerprint density at radius 1 is 1.11 bits per heavy atom. The molecule has 96 valence electrons. The van der Waals surface area contributed by atoms with E-state index < -0.39 is 10.1 Å². The first-order chi connectivity index (χ1) is 8.66. The van der Waals surface area contributed by atoms with Crippen molar-refractivity contribution in [3.63, 3.8) is 0 Å². The fourth-order valence-corrected chi connectivity index (χ4v) is 2.31. The van der Waals surface area contributed by atoms with Crippen LogP contribution in [0, 0.1) is 0 Å². The van der Waals surface area contributed by atoms with E-state index in [1.807, 2.05) is 6.07 Å². The fourth-order valence-electron chi connectivity index (χ4n) is 1.33. The lowest BCUT2D eigenvalue weighted by molar-refractivity contribution is 0.206. The Balaban J connectivity index is 1.90. The van der Waals surface area contributed by atoms with Gasteiger partial charge in [-0.3, -0.25) is 4.18 Å². The summed E-state index contributed by atoms with van der Waals surface area (Å²) in [4.78, 5) is 0. The van der Waals surface area contributed by atoms with Gasteiger partial charge in [-0.25, -0.2) is 0 Å². The molecule has 1 aromatic rings. The summed E-state index contributed by atoms with van der Waals surface area (Å²) in [7, 11) is -3.63. The standard InChI is InChI=1S/C12H12O5S/c13-18(14,10-11-4-2-1-3-5-11)17-9-12-8-15-6-7-16-12/h1-8H,9-10H2. The van der Waals surface area contributed by atoms with Crippen molar-refractivity contribution in [2.75, 3.05) is 6.61 Å². The molecule has 0 atom stereocenters. The number of benzene rings is 1. The molecule has 0 aliphatic carbocycles. The van der Waals surface area contributed by atoms with Crippen molar-refractivity contribution < 1.29 is 22.1 Å².